The van der Waals surface area contributed by atoms with Crippen LogP contribution in [0.15, 0.2) is 6.33 Å². The number of anilines is 2. The second-order valence-corrected chi connectivity index (χ2v) is 4.86. The van der Waals surface area contributed by atoms with Gasteiger partial charge in [-0.3, -0.25) is 4.79 Å². The third-order valence-corrected chi connectivity index (χ3v) is 3.04. The molecule has 1 unspecified atom stereocenters. The SMILES string of the molecule is Nc1ncnc(Cl)c1N1CC(Br)CC1=O. The topological polar surface area (TPSA) is 72.1 Å². The number of aromatic nitrogens is 2. The molecular formula is C8H8BrClN4O. The zero-order valence-corrected chi connectivity index (χ0v) is 9.99. The molecular weight excluding hydrogens is 283 g/mol. The first-order valence-corrected chi connectivity index (χ1v) is 5.59. The van der Waals surface area contributed by atoms with Crippen molar-refractivity contribution in [3.05, 3.63) is 11.5 Å². The van der Waals surface area contributed by atoms with Crippen molar-refractivity contribution in [1.82, 2.24) is 9.97 Å². The van der Waals surface area contributed by atoms with Crippen molar-refractivity contribution in [3.63, 3.8) is 0 Å². The van der Waals surface area contributed by atoms with Crippen LogP contribution in [0.4, 0.5) is 11.5 Å². The molecule has 5 nitrogen and oxygen atoms in total. The van der Waals surface area contributed by atoms with E-state index in [0.29, 0.717) is 18.7 Å². The molecule has 0 spiro atoms. The molecule has 1 amide bonds. The fourth-order valence-electron chi connectivity index (χ4n) is 1.50. The number of rotatable bonds is 1. The van der Waals surface area contributed by atoms with Crippen molar-refractivity contribution in [2.45, 2.75) is 11.2 Å². The molecule has 1 atom stereocenters. The van der Waals surface area contributed by atoms with Gasteiger partial charge in [-0.15, -0.1) is 0 Å². The number of nitrogen functional groups attached to an aromatic ring is 1. The van der Waals surface area contributed by atoms with Crippen LogP contribution in [-0.4, -0.2) is 27.2 Å². The Kier molecular flexibility index (Phi) is 2.79. The van der Waals surface area contributed by atoms with Gasteiger partial charge in [0.1, 0.15) is 12.0 Å². The molecule has 0 aromatic carbocycles. The first-order chi connectivity index (χ1) is 7.09. The molecule has 15 heavy (non-hydrogen) atoms. The predicted molar refractivity (Wildman–Crippen MR) is 61.1 cm³/mol. The molecule has 0 saturated carbocycles. The van der Waals surface area contributed by atoms with E-state index < -0.39 is 0 Å². The molecule has 2 heterocycles. The fraction of sp³-hybridized carbons (Fsp3) is 0.375. The molecule has 1 fully saturated rings. The smallest absolute Gasteiger partial charge is 0.228 e. The minimum atomic E-state index is -0.0275. The van der Waals surface area contributed by atoms with Crippen molar-refractivity contribution in [2.75, 3.05) is 17.2 Å². The van der Waals surface area contributed by atoms with Crippen LogP contribution in [0.5, 0.6) is 0 Å². The second-order valence-electron chi connectivity index (χ2n) is 3.20. The van der Waals surface area contributed by atoms with Gasteiger partial charge in [0.2, 0.25) is 5.91 Å². The monoisotopic (exact) mass is 290 g/mol. The lowest BCUT2D eigenvalue weighted by Crippen LogP contribution is -2.26. The first-order valence-electron chi connectivity index (χ1n) is 4.30. The quantitative estimate of drug-likeness (QED) is 0.623. The number of alkyl halides is 1. The Balaban J connectivity index is 2.41. The Labute approximate surface area is 99.8 Å². The third kappa shape index (κ3) is 1.91. The van der Waals surface area contributed by atoms with E-state index in [4.69, 9.17) is 17.3 Å². The zero-order chi connectivity index (χ0) is 11.0. The largest absolute Gasteiger partial charge is 0.382 e. The molecule has 1 aromatic heterocycles. The summed E-state index contributed by atoms with van der Waals surface area (Å²) in [6.07, 6.45) is 1.71. The highest BCUT2D eigenvalue weighted by molar-refractivity contribution is 9.09. The number of amides is 1. The summed E-state index contributed by atoms with van der Waals surface area (Å²) in [5, 5.41) is 0.206. The van der Waals surface area contributed by atoms with Crippen LogP contribution in [0.25, 0.3) is 0 Å². The Morgan fingerprint density at radius 3 is 2.87 bits per heavy atom. The number of halogens is 2. The Bertz CT molecular complexity index is 393. The van der Waals surface area contributed by atoms with Gasteiger partial charge >= 0.3 is 0 Å². The average molecular weight is 292 g/mol. The van der Waals surface area contributed by atoms with Crippen molar-refractivity contribution in [2.24, 2.45) is 0 Å². The van der Waals surface area contributed by atoms with Gasteiger partial charge in [-0.1, -0.05) is 27.5 Å². The van der Waals surface area contributed by atoms with E-state index in [9.17, 15) is 4.79 Å². The molecule has 1 aromatic rings. The summed E-state index contributed by atoms with van der Waals surface area (Å²) in [5.74, 6) is 0.199. The number of nitrogens with two attached hydrogens (primary N) is 1. The average Bonchev–Trinajstić information content (AvgIpc) is 2.45. The zero-order valence-electron chi connectivity index (χ0n) is 7.65. The van der Waals surface area contributed by atoms with Gasteiger partial charge in [0.25, 0.3) is 0 Å². The minimum Gasteiger partial charge on any atom is -0.382 e. The van der Waals surface area contributed by atoms with Gasteiger partial charge in [-0.2, -0.15) is 0 Å². The molecule has 1 aliphatic heterocycles. The van der Waals surface area contributed by atoms with Crippen LogP contribution < -0.4 is 10.6 Å². The van der Waals surface area contributed by atoms with Crippen molar-refractivity contribution >= 4 is 44.9 Å². The maximum absolute atomic E-state index is 11.6. The van der Waals surface area contributed by atoms with Gasteiger partial charge in [-0.25, -0.2) is 9.97 Å². The second kappa shape index (κ2) is 3.94. The van der Waals surface area contributed by atoms with Gasteiger partial charge in [-0.05, 0) is 0 Å². The normalized spacial score (nSPS) is 21.1. The van der Waals surface area contributed by atoms with E-state index in [1.54, 1.807) is 0 Å². The molecule has 0 aliphatic carbocycles. The Morgan fingerprint density at radius 1 is 1.60 bits per heavy atom. The van der Waals surface area contributed by atoms with Crippen LogP contribution in [-0.2, 0) is 4.79 Å². The molecule has 7 heteroatoms. The number of hydrogen-bond donors (Lipinski definition) is 1. The lowest BCUT2D eigenvalue weighted by atomic mass is 10.4. The van der Waals surface area contributed by atoms with Crippen LogP contribution in [0, 0.1) is 0 Å². The number of carbonyl (C=O) groups excluding carboxylic acids is 1. The number of hydrogen-bond acceptors (Lipinski definition) is 4. The summed E-state index contributed by atoms with van der Waals surface area (Å²) in [4.78, 5) is 20.9. The standard InChI is InChI=1S/C8H8BrClN4O/c9-4-1-5(15)14(2-4)6-7(10)12-3-13-8(6)11/h3-4H,1-2H2,(H2,11,12,13). The lowest BCUT2D eigenvalue weighted by Gasteiger charge is -2.17. The highest BCUT2D eigenvalue weighted by Crippen LogP contribution is 2.33. The minimum absolute atomic E-state index is 0.0275. The number of carbonyl (C=O) groups is 1. The van der Waals surface area contributed by atoms with Crippen molar-refractivity contribution in [1.29, 1.82) is 0 Å². The maximum Gasteiger partial charge on any atom is 0.228 e. The van der Waals surface area contributed by atoms with Crippen molar-refractivity contribution < 1.29 is 4.79 Å². The number of nitrogens with zero attached hydrogens (tertiary/aromatic N) is 3. The van der Waals surface area contributed by atoms with Crippen LogP contribution in [0.2, 0.25) is 5.15 Å². The van der Waals surface area contributed by atoms with Crippen LogP contribution >= 0.6 is 27.5 Å². The molecule has 1 saturated heterocycles. The molecule has 0 radical (unpaired) electrons. The van der Waals surface area contributed by atoms with E-state index in [1.807, 2.05) is 0 Å². The van der Waals surface area contributed by atoms with E-state index in [2.05, 4.69) is 25.9 Å². The van der Waals surface area contributed by atoms with Gasteiger partial charge in [0.15, 0.2) is 11.0 Å². The molecule has 80 valence electrons. The van der Waals surface area contributed by atoms with E-state index in [0.717, 1.165) is 0 Å². The molecule has 1 aliphatic rings. The predicted octanol–water partition coefficient (Wildman–Crippen LogP) is 1.21. The summed E-state index contributed by atoms with van der Waals surface area (Å²) >= 11 is 9.26. The summed E-state index contributed by atoms with van der Waals surface area (Å²) in [6, 6.07) is 0. The summed E-state index contributed by atoms with van der Waals surface area (Å²) < 4.78 is 0. The van der Waals surface area contributed by atoms with E-state index in [1.165, 1.54) is 11.2 Å². The van der Waals surface area contributed by atoms with Crippen molar-refractivity contribution in [3.8, 4) is 0 Å². The molecule has 2 N–H and O–H groups in total. The summed E-state index contributed by atoms with van der Waals surface area (Å²) in [5.41, 5.74) is 6.07. The molecule has 2 rings (SSSR count). The summed E-state index contributed by atoms with van der Waals surface area (Å²) in [6.45, 7) is 0.538. The highest BCUT2D eigenvalue weighted by atomic mass is 79.9. The molecule has 0 bridgehead atoms. The maximum atomic E-state index is 11.6. The third-order valence-electron chi connectivity index (χ3n) is 2.15. The van der Waals surface area contributed by atoms with Gasteiger partial charge in [0.05, 0.1) is 0 Å². The lowest BCUT2D eigenvalue weighted by molar-refractivity contribution is -0.117. The first kappa shape index (κ1) is 10.6. The van der Waals surface area contributed by atoms with Gasteiger partial charge < -0.3 is 10.6 Å². The summed E-state index contributed by atoms with van der Waals surface area (Å²) in [7, 11) is 0. The van der Waals surface area contributed by atoms with E-state index >= 15 is 0 Å². The Hall–Kier alpha value is -0.880. The highest BCUT2D eigenvalue weighted by Gasteiger charge is 2.31. The van der Waals surface area contributed by atoms with Crippen LogP contribution in [0.3, 0.4) is 0 Å². The van der Waals surface area contributed by atoms with E-state index in [-0.39, 0.29) is 21.7 Å². The Morgan fingerprint density at radius 2 is 2.33 bits per heavy atom. The van der Waals surface area contributed by atoms with Gasteiger partial charge in [0, 0.05) is 17.8 Å². The fourth-order valence-corrected chi connectivity index (χ4v) is 2.31. The van der Waals surface area contributed by atoms with Crippen LogP contribution in [0.1, 0.15) is 6.42 Å².